The van der Waals surface area contributed by atoms with Gasteiger partial charge < -0.3 is 14.2 Å². The maximum atomic E-state index is 12.3. The molecular formula is C26H38O6. The van der Waals surface area contributed by atoms with E-state index in [0.717, 1.165) is 30.4 Å². The minimum Gasteiger partial charge on any atom is -0.462 e. The molecule has 0 aromatic heterocycles. The smallest absolute Gasteiger partial charge is 0.303 e. The zero-order chi connectivity index (χ0) is 24.0. The summed E-state index contributed by atoms with van der Waals surface area (Å²) < 4.78 is 17.7. The number of ether oxygens (including phenoxy) is 3. The van der Waals surface area contributed by atoms with Gasteiger partial charge in [0.1, 0.15) is 18.3 Å². The quantitative estimate of drug-likeness (QED) is 0.348. The summed E-state index contributed by atoms with van der Waals surface area (Å²) in [5.74, 6) is -1.13. The molecule has 6 atom stereocenters. The average Bonchev–Trinajstić information content (AvgIpc) is 2.61. The van der Waals surface area contributed by atoms with Gasteiger partial charge in [-0.2, -0.15) is 0 Å². The normalized spacial score (nSPS) is 36.3. The van der Waals surface area contributed by atoms with Crippen molar-refractivity contribution < 1.29 is 28.6 Å². The van der Waals surface area contributed by atoms with E-state index in [2.05, 4.69) is 34.3 Å². The maximum absolute atomic E-state index is 12.3. The largest absolute Gasteiger partial charge is 0.462 e. The third-order valence-corrected chi connectivity index (χ3v) is 8.07. The predicted molar refractivity (Wildman–Crippen MR) is 120 cm³/mol. The van der Waals surface area contributed by atoms with Crippen LogP contribution < -0.4 is 0 Å². The molecule has 6 heteroatoms. The zero-order valence-electron chi connectivity index (χ0n) is 20.6. The third kappa shape index (κ3) is 4.38. The number of carbonyl (C=O) groups is 3. The van der Waals surface area contributed by atoms with E-state index in [0.29, 0.717) is 12.8 Å². The van der Waals surface area contributed by atoms with Crippen molar-refractivity contribution in [2.45, 2.75) is 98.9 Å². The summed E-state index contributed by atoms with van der Waals surface area (Å²) in [6.45, 7) is 17.3. The molecule has 0 aliphatic heterocycles. The molecule has 0 aromatic carbocycles. The van der Waals surface area contributed by atoms with Gasteiger partial charge in [0.05, 0.1) is 0 Å². The number of rotatable bonds is 3. The molecule has 0 heterocycles. The molecule has 32 heavy (non-hydrogen) atoms. The van der Waals surface area contributed by atoms with Gasteiger partial charge in [-0.15, -0.1) is 0 Å². The van der Waals surface area contributed by atoms with Crippen LogP contribution in [0, 0.1) is 22.7 Å². The number of fused-ring (bicyclic) bond motifs is 3. The lowest BCUT2D eigenvalue weighted by atomic mass is 9.50. The molecule has 0 spiro atoms. The van der Waals surface area contributed by atoms with E-state index in [1.54, 1.807) is 0 Å². The second-order valence-electron chi connectivity index (χ2n) is 10.8. The molecule has 0 amide bonds. The first-order valence-electron chi connectivity index (χ1n) is 11.7. The Bertz CT molecular complexity index is 852. The van der Waals surface area contributed by atoms with Crippen LogP contribution in [0.1, 0.15) is 80.6 Å². The number of hydrogen-bond acceptors (Lipinski definition) is 6. The second kappa shape index (κ2) is 8.68. The van der Waals surface area contributed by atoms with Crippen molar-refractivity contribution >= 4 is 17.9 Å². The number of hydrogen-bond donors (Lipinski definition) is 0. The molecule has 2 fully saturated rings. The summed E-state index contributed by atoms with van der Waals surface area (Å²) in [4.78, 5) is 36.1. The van der Waals surface area contributed by atoms with Crippen molar-refractivity contribution in [3.05, 3.63) is 23.3 Å². The van der Waals surface area contributed by atoms with E-state index in [1.807, 2.05) is 0 Å². The van der Waals surface area contributed by atoms with Crippen LogP contribution >= 0.6 is 0 Å². The molecule has 0 radical (unpaired) electrons. The molecule has 6 nitrogen and oxygen atoms in total. The Kier molecular flexibility index (Phi) is 6.65. The van der Waals surface area contributed by atoms with Gasteiger partial charge in [-0.25, -0.2) is 0 Å². The monoisotopic (exact) mass is 446 g/mol. The summed E-state index contributed by atoms with van der Waals surface area (Å²) in [5, 5.41) is 0. The molecule has 0 unspecified atom stereocenters. The van der Waals surface area contributed by atoms with Crippen molar-refractivity contribution in [2.75, 3.05) is 0 Å². The summed E-state index contributed by atoms with van der Waals surface area (Å²) in [6, 6.07) is 0. The van der Waals surface area contributed by atoms with Gasteiger partial charge in [0.2, 0.25) is 0 Å². The van der Waals surface area contributed by atoms with Crippen LogP contribution in [0.5, 0.6) is 0 Å². The van der Waals surface area contributed by atoms with E-state index in [4.69, 9.17) is 14.2 Å². The minimum atomic E-state index is -0.404. The van der Waals surface area contributed by atoms with Crippen LogP contribution in [0.4, 0.5) is 0 Å². The topological polar surface area (TPSA) is 78.9 Å². The van der Waals surface area contributed by atoms with Gasteiger partial charge in [0, 0.05) is 32.6 Å². The Morgan fingerprint density at radius 2 is 1.47 bits per heavy atom. The Morgan fingerprint density at radius 1 is 0.906 bits per heavy atom. The van der Waals surface area contributed by atoms with Crippen molar-refractivity contribution in [1.29, 1.82) is 0 Å². The highest BCUT2D eigenvalue weighted by Crippen LogP contribution is 2.60. The first-order valence-corrected chi connectivity index (χ1v) is 11.7. The van der Waals surface area contributed by atoms with Gasteiger partial charge in [-0.1, -0.05) is 32.9 Å². The fraction of sp³-hybridized carbons (Fsp3) is 0.731. The van der Waals surface area contributed by atoms with Crippen LogP contribution in [0.2, 0.25) is 0 Å². The minimum absolute atomic E-state index is 0.0283. The number of esters is 3. The fourth-order valence-electron chi connectivity index (χ4n) is 6.90. The van der Waals surface area contributed by atoms with Gasteiger partial charge >= 0.3 is 17.9 Å². The number of carbonyl (C=O) groups excluding carboxylic acids is 3. The van der Waals surface area contributed by atoms with Crippen molar-refractivity contribution in [3.63, 3.8) is 0 Å². The summed E-state index contributed by atoms with van der Waals surface area (Å²) >= 11 is 0. The van der Waals surface area contributed by atoms with Crippen LogP contribution in [0.15, 0.2) is 23.3 Å². The van der Waals surface area contributed by atoms with E-state index in [1.165, 1.54) is 26.3 Å². The fourth-order valence-corrected chi connectivity index (χ4v) is 6.90. The second-order valence-corrected chi connectivity index (χ2v) is 10.8. The van der Waals surface area contributed by atoms with E-state index in [9.17, 15) is 14.4 Å². The van der Waals surface area contributed by atoms with E-state index >= 15 is 0 Å². The van der Waals surface area contributed by atoms with Gasteiger partial charge in [0.25, 0.3) is 0 Å². The molecule has 3 aliphatic carbocycles. The third-order valence-electron chi connectivity index (χ3n) is 8.07. The molecule has 0 N–H and O–H groups in total. The van der Waals surface area contributed by atoms with Crippen LogP contribution in [-0.2, 0) is 28.6 Å². The van der Waals surface area contributed by atoms with Crippen molar-refractivity contribution in [1.82, 2.24) is 0 Å². The van der Waals surface area contributed by atoms with Crippen LogP contribution in [-0.4, -0.2) is 36.2 Å². The van der Waals surface area contributed by atoms with Gasteiger partial charge in [-0.05, 0) is 61.0 Å². The molecule has 2 bridgehead atoms. The maximum Gasteiger partial charge on any atom is 0.303 e. The zero-order valence-corrected chi connectivity index (χ0v) is 20.6. The van der Waals surface area contributed by atoms with Crippen LogP contribution in [0.3, 0.4) is 0 Å². The first kappa shape index (κ1) is 24.5. The predicted octanol–water partition coefficient (Wildman–Crippen LogP) is 4.91. The highest BCUT2D eigenvalue weighted by atomic mass is 16.6. The molecule has 3 aliphatic rings. The first-order chi connectivity index (χ1) is 14.8. The lowest BCUT2D eigenvalue weighted by Gasteiger charge is -2.57. The lowest BCUT2D eigenvalue weighted by Crippen LogP contribution is -2.57. The molecule has 0 saturated heterocycles. The Labute approximate surface area is 191 Å². The summed E-state index contributed by atoms with van der Waals surface area (Å²) in [6.07, 6.45) is 2.62. The van der Waals surface area contributed by atoms with E-state index in [-0.39, 0.29) is 52.8 Å². The highest BCUT2D eigenvalue weighted by Gasteiger charge is 2.58. The van der Waals surface area contributed by atoms with E-state index < -0.39 is 6.10 Å². The molecule has 178 valence electrons. The lowest BCUT2D eigenvalue weighted by molar-refractivity contribution is -0.171. The van der Waals surface area contributed by atoms with Gasteiger partial charge in [-0.3, -0.25) is 14.4 Å². The van der Waals surface area contributed by atoms with Gasteiger partial charge in [0.15, 0.2) is 0 Å². The Balaban J connectivity index is 2.18. The van der Waals surface area contributed by atoms with Crippen molar-refractivity contribution in [3.8, 4) is 0 Å². The summed E-state index contributed by atoms with van der Waals surface area (Å²) in [5.41, 5.74) is 2.55. The van der Waals surface area contributed by atoms with Crippen molar-refractivity contribution in [2.24, 2.45) is 22.7 Å². The summed E-state index contributed by atoms with van der Waals surface area (Å²) in [7, 11) is 0. The number of allylic oxidation sites excluding steroid dienone is 1. The standard InChI is InChI=1S/C26H38O6/c1-14-9-10-19-24(32-18(5)29)23-15(2)20(30-16(3)27)11-12-26(23,8)13-21(31-17(4)28)22(14)25(19,6)7/h19-21,23-24H,2,9-13H2,1,3-8H3/t19-,20-,21-,23-,24+,26-/m0/s1. The Morgan fingerprint density at radius 3 is 2.03 bits per heavy atom. The SMILES string of the molecule is C=C1[C@@H](OC(C)=O)CC[C@@]2(C)C[C@H](OC(C)=O)C3=C(C)CC[C@@H]([C@@H](OC(C)=O)[C@H]12)C3(C)C. The molecule has 3 rings (SSSR count). The van der Waals surface area contributed by atoms with Crippen LogP contribution in [0.25, 0.3) is 0 Å². The highest BCUT2D eigenvalue weighted by molar-refractivity contribution is 5.67. The molecule has 0 aromatic rings. The molecule has 2 saturated carbocycles. The average molecular weight is 447 g/mol. The molecular weight excluding hydrogens is 408 g/mol. The Hall–Kier alpha value is -2.11.